The van der Waals surface area contributed by atoms with Crippen LogP contribution in [0.5, 0.6) is 5.75 Å². The van der Waals surface area contributed by atoms with Crippen molar-refractivity contribution in [3.05, 3.63) is 28.2 Å². The summed E-state index contributed by atoms with van der Waals surface area (Å²) in [7, 11) is 1.66. The molecule has 0 unspecified atom stereocenters. The number of ketones is 1. The van der Waals surface area contributed by atoms with Crippen LogP contribution in [0, 0.1) is 0 Å². The Morgan fingerprint density at radius 2 is 2.06 bits per heavy atom. The molecule has 0 aliphatic heterocycles. The lowest BCUT2D eigenvalue weighted by atomic mass is 9.96. The number of methoxy groups -OCH3 is 1. The van der Waals surface area contributed by atoms with Gasteiger partial charge in [-0.1, -0.05) is 15.9 Å². The number of benzene rings is 1. The molecule has 3 nitrogen and oxygen atoms in total. The molecule has 0 aromatic heterocycles. The van der Waals surface area contributed by atoms with Gasteiger partial charge in [-0.2, -0.15) is 0 Å². The van der Waals surface area contributed by atoms with Crippen LogP contribution in [0.25, 0.3) is 0 Å². The Morgan fingerprint density at radius 3 is 2.72 bits per heavy atom. The molecule has 0 atom stereocenters. The van der Waals surface area contributed by atoms with Crippen molar-refractivity contribution in [3.8, 4) is 5.75 Å². The predicted octanol–water partition coefficient (Wildman–Crippen LogP) is 3.49. The molecule has 1 aromatic carbocycles. The first-order chi connectivity index (χ1) is 8.69. The number of hydrogen-bond acceptors (Lipinski definition) is 3. The fraction of sp³-hybridized carbons (Fsp3) is 0.500. The zero-order valence-corrected chi connectivity index (χ0v) is 12.0. The highest BCUT2D eigenvalue weighted by molar-refractivity contribution is 9.10. The van der Waals surface area contributed by atoms with Crippen LogP contribution in [-0.2, 0) is 16.1 Å². The molecule has 0 radical (unpaired) electrons. The summed E-state index contributed by atoms with van der Waals surface area (Å²) >= 11 is 3.44. The number of ether oxygens (including phenoxy) is 2. The molecule has 4 heteroatoms. The van der Waals surface area contributed by atoms with E-state index in [0.717, 1.165) is 28.6 Å². The van der Waals surface area contributed by atoms with E-state index in [9.17, 15) is 4.79 Å². The summed E-state index contributed by atoms with van der Waals surface area (Å²) in [4.78, 5) is 11.1. The maximum absolute atomic E-state index is 11.1. The smallest absolute Gasteiger partial charge is 0.133 e. The Labute approximate surface area is 116 Å². The molecular weight excluding hydrogens is 296 g/mol. The number of halogens is 1. The standard InChI is InChI=1S/C14H17BrO3/c1-17-14-7-2-11(15)8-10(14)9-18-13-5-3-12(16)4-6-13/h2,7-8,13H,3-6,9H2,1H3. The number of carbonyl (C=O) groups excluding carboxylic acids is 1. The average Bonchev–Trinajstić information content (AvgIpc) is 2.38. The fourth-order valence-electron chi connectivity index (χ4n) is 2.15. The van der Waals surface area contributed by atoms with Crippen LogP contribution in [0.1, 0.15) is 31.2 Å². The van der Waals surface area contributed by atoms with E-state index < -0.39 is 0 Å². The lowest BCUT2D eigenvalue weighted by Crippen LogP contribution is -2.21. The minimum absolute atomic E-state index is 0.200. The van der Waals surface area contributed by atoms with E-state index in [-0.39, 0.29) is 6.10 Å². The maximum Gasteiger partial charge on any atom is 0.133 e. The molecule has 1 fully saturated rings. The number of carbonyl (C=O) groups is 1. The number of hydrogen-bond donors (Lipinski definition) is 0. The number of rotatable bonds is 4. The van der Waals surface area contributed by atoms with Crippen LogP contribution in [-0.4, -0.2) is 19.0 Å². The van der Waals surface area contributed by atoms with Crippen LogP contribution < -0.4 is 4.74 Å². The summed E-state index contributed by atoms with van der Waals surface area (Å²) in [6.45, 7) is 0.529. The Bertz CT molecular complexity index is 421. The molecule has 18 heavy (non-hydrogen) atoms. The van der Waals surface area contributed by atoms with Gasteiger partial charge in [0.1, 0.15) is 11.5 Å². The van der Waals surface area contributed by atoms with Crippen molar-refractivity contribution in [3.63, 3.8) is 0 Å². The molecule has 0 saturated heterocycles. The van der Waals surface area contributed by atoms with Crippen LogP contribution in [0.4, 0.5) is 0 Å². The van der Waals surface area contributed by atoms with Gasteiger partial charge in [0.2, 0.25) is 0 Å². The van der Waals surface area contributed by atoms with Gasteiger partial charge in [-0.3, -0.25) is 4.79 Å². The van der Waals surface area contributed by atoms with E-state index in [0.29, 0.717) is 25.2 Å². The molecule has 0 bridgehead atoms. The molecule has 0 N–H and O–H groups in total. The van der Waals surface area contributed by atoms with Gasteiger partial charge in [0.25, 0.3) is 0 Å². The highest BCUT2D eigenvalue weighted by Gasteiger charge is 2.19. The molecular formula is C14H17BrO3. The Morgan fingerprint density at radius 1 is 1.33 bits per heavy atom. The summed E-state index contributed by atoms with van der Waals surface area (Å²) in [5.74, 6) is 1.19. The van der Waals surface area contributed by atoms with E-state index in [4.69, 9.17) is 9.47 Å². The first-order valence-electron chi connectivity index (χ1n) is 6.15. The maximum atomic E-state index is 11.1. The van der Waals surface area contributed by atoms with Crippen molar-refractivity contribution >= 4 is 21.7 Å². The van der Waals surface area contributed by atoms with Crippen LogP contribution in [0.3, 0.4) is 0 Å². The predicted molar refractivity (Wildman–Crippen MR) is 72.7 cm³/mol. The minimum atomic E-state index is 0.200. The number of Topliss-reactive ketones (excluding diaryl/α,β-unsaturated/α-hetero) is 1. The Kier molecular flexibility index (Phi) is 4.78. The minimum Gasteiger partial charge on any atom is -0.496 e. The van der Waals surface area contributed by atoms with Crippen molar-refractivity contribution in [1.29, 1.82) is 0 Å². The fourth-order valence-corrected chi connectivity index (χ4v) is 2.56. The van der Waals surface area contributed by atoms with Gasteiger partial charge < -0.3 is 9.47 Å². The highest BCUT2D eigenvalue weighted by Crippen LogP contribution is 2.26. The monoisotopic (exact) mass is 312 g/mol. The van der Waals surface area contributed by atoms with E-state index in [2.05, 4.69) is 15.9 Å². The van der Waals surface area contributed by atoms with E-state index in [1.165, 1.54) is 0 Å². The molecule has 2 rings (SSSR count). The molecule has 0 spiro atoms. The second kappa shape index (κ2) is 6.34. The molecule has 1 aliphatic carbocycles. The van der Waals surface area contributed by atoms with Gasteiger partial charge in [0.15, 0.2) is 0 Å². The zero-order chi connectivity index (χ0) is 13.0. The van der Waals surface area contributed by atoms with Gasteiger partial charge in [-0.15, -0.1) is 0 Å². The lowest BCUT2D eigenvalue weighted by Gasteiger charge is -2.22. The molecule has 1 aromatic rings. The van der Waals surface area contributed by atoms with Crippen LogP contribution in [0.2, 0.25) is 0 Å². The molecule has 98 valence electrons. The van der Waals surface area contributed by atoms with Crippen molar-refractivity contribution < 1.29 is 14.3 Å². The lowest BCUT2D eigenvalue weighted by molar-refractivity contribution is -0.123. The van der Waals surface area contributed by atoms with E-state index >= 15 is 0 Å². The third-order valence-corrected chi connectivity index (χ3v) is 3.70. The third-order valence-electron chi connectivity index (χ3n) is 3.21. The summed E-state index contributed by atoms with van der Waals surface area (Å²) in [6.07, 6.45) is 3.19. The van der Waals surface area contributed by atoms with E-state index in [1.54, 1.807) is 7.11 Å². The second-order valence-corrected chi connectivity index (χ2v) is 5.42. The third kappa shape index (κ3) is 3.56. The van der Waals surface area contributed by atoms with Crippen molar-refractivity contribution in [1.82, 2.24) is 0 Å². The van der Waals surface area contributed by atoms with Crippen molar-refractivity contribution in [2.75, 3.05) is 7.11 Å². The van der Waals surface area contributed by atoms with Gasteiger partial charge in [0, 0.05) is 22.9 Å². The normalized spacial score (nSPS) is 16.9. The quantitative estimate of drug-likeness (QED) is 0.853. The summed E-state index contributed by atoms with van der Waals surface area (Å²) in [5.41, 5.74) is 1.03. The highest BCUT2D eigenvalue weighted by atomic mass is 79.9. The zero-order valence-electron chi connectivity index (χ0n) is 10.4. The Hall–Kier alpha value is -0.870. The van der Waals surface area contributed by atoms with E-state index in [1.807, 2.05) is 18.2 Å². The summed E-state index contributed by atoms with van der Waals surface area (Å²) in [6, 6.07) is 5.88. The molecule has 1 aliphatic rings. The van der Waals surface area contributed by atoms with Crippen LogP contribution >= 0.6 is 15.9 Å². The molecule has 1 saturated carbocycles. The second-order valence-electron chi connectivity index (χ2n) is 4.51. The topological polar surface area (TPSA) is 35.5 Å². The first-order valence-corrected chi connectivity index (χ1v) is 6.94. The van der Waals surface area contributed by atoms with Gasteiger partial charge >= 0.3 is 0 Å². The molecule has 0 heterocycles. The first kappa shape index (κ1) is 13.6. The van der Waals surface area contributed by atoms with Crippen molar-refractivity contribution in [2.45, 2.75) is 38.4 Å². The Balaban J connectivity index is 1.93. The SMILES string of the molecule is COc1ccc(Br)cc1COC1CCC(=O)CC1. The van der Waals surface area contributed by atoms with Gasteiger partial charge in [-0.25, -0.2) is 0 Å². The van der Waals surface area contributed by atoms with Crippen LogP contribution in [0.15, 0.2) is 22.7 Å². The summed E-state index contributed by atoms with van der Waals surface area (Å²) < 4.78 is 12.2. The van der Waals surface area contributed by atoms with Crippen molar-refractivity contribution in [2.24, 2.45) is 0 Å². The molecule has 0 amide bonds. The van der Waals surface area contributed by atoms with Gasteiger partial charge in [0.05, 0.1) is 19.8 Å². The average molecular weight is 313 g/mol. The largest absolute Gasteiger partial charge is 0.496 e. The summed E-state index contributed by atoms with van der Waals surface area (Å²) in [5, 5.41) is 0. The van der Waals surface area contributed by atoms with Gasteiger partial charge in [-0.05, 0) is 31.0 Å².